The molecule has 8 heteroatoms. The van der Waals surface area contributed by atoms with Gasteiger partial charge in [-0.2, -0.15) is 0 Å². The van der Waals surface area contributed by atoms with Gasteiger partial charge in [-0.1, -0.05) is 47.6 Å². The van der Waals surface area contributed by atoms with Gasteiger partial charge in [-0.3, -0.25) is 19.7 Å². The van der Waals surface area contributed by atoms with Crippen molar-refractivity contribution >= 4 is 40.4 Å². The van der Waals surface area contributed by atoms with Crippen molar-refractivity contribution in [2.45, 2.75) is 18.1 Å². The lowest BCUT2D eigenvalue weighted by Crippen LogP contribution is -2.26. The number of thioether (sulfide) groups is 1. The number of phenols is 1. The maximum absolute atomic E-state index is 12.1. The minimum absolute atomic E-state index is 0.117. The summed E-state index contributed by atoms with van der Waals surface area (Å²) in [7, 11) is 0. The summed E-state index contributed by atoms with van der Waals surface area (Å²) in [5.41, 5.74) is 2.13. The number of rotatable bonds is 6. The van der Waals surface area contributed by atoms with Crippen LogP contribution in [-0.4, -0.2) is 34.0 Å². The van der Waals surface area contributed by atoms with E-state index in [2.05, 4.69) is 10.6 Å². The molecular weight excluding hydrogens is 388 g/mol. The summed E-state index contributed by atoms with van der Waals surface area (Å²) in [4.78, 5) is 34.9. The number of hydrogen-bond acceptors (Lipinski definition) is 5. The van der Waals surface area contributed by atoms with Crippen molar-refractivity contribution in [2.75, 3.05) is 6.54 Å². The SMILES string of the molecule is O=C1NC(=O)[C@@H](Cc2ccc(CCNC(=O)c3cc(Cl)ccc3O)cc2)S1. The van der Waals surface area contributed by atoms with Crippen LogP contribution in [0.3, 0.4) is 0 Å². The molecule has 27 heavy (non-hydrogen) atoms. The number of imide groups is 1. The molecule has 3 amide bonds. The number of nitrogens with one attached hydrogen (secondary N) is 2. The topological polar surface area (TPSA) is 95.5 Å². The van der Waals surface area contributed by atoms with Crippen LogP contribution in [0.2, 0.25) is 5.02 Å². The molecule has 1 heterocycles. The highest BCUT2D eigenvalue weighted by molar-refractivity contribution is 8.15. The average Bonchev–Trinajstić information content (AvgIpc) is 2.95. The Kier molecular flexibility index (Phi) is 6.03. The van der Waals surface area contributed by atoms with Crippen molar-refractivity contribution in [3.05, 3.63) is 64.2 Å². The molecule has 0 bridgehead atoms. The normalized spacial score (nSPS) is 16.3. The molecule has 2 aromatic rings. The van der Waals surface area contributed by atoms with Crippen molar-refractivity contribution in [3.8, 4) is 5.75 Å². The molecule has 1 atom stereocenters. The Balaban J connectivity index is 1.50. The van der Waals surface area contributed by atoms with Crippen molar-refractivity contribution in [1.29, 1.82) is 0 Å². The highest BCUT2D eigenvalue weighted by Crippen LogP contribution is 2.23. The van der Waals surface area contributed by atoms with Gasteiger partial charge in [-0.05, 0) is 42.2 Å². The van der Waals surface area contributed by atoms with Gasteiger partial charge in [0.15, 0.2) is 0 Å². The van der Waals surface area contributed by atoms with E-state index in [1.807, 2.05) is 24.3 Å². The molecule has 140 valence electrons. The molecule has 0 radical (unpaired) electrons. The summed E-state index contributed by atoms with van der Waals surface area (Å²) in [5.74, 6) is -0.754. The van der Waals surface area contributed by atoms with E-state index in [1.165, 1.54) is 18.2 Å². The Hall–Kier alpha value is -2.51. The molecular formula is C19H17ClN2O4S. The molecule has 3 rings (SSSR count). The molecule has 0 spiro atoms. The summed E-state index contributed by atoms with van der Waals surface area (Å²) < 4.78 is 0. The second kappa shape index (κ2) is 8.45. The first kappa shape index (κ1) is 19.3. The maximum Gasteiger partial charge on any atom is 0.286 e. The van der Waals surface area contributed by atoms with Crippen LogP contribution in [0.1, 0.15) is 21.5 Å². The first-order chi connectivity index (χ1) is 12.9. The van der Waals surface area contributed by atoms with E-state index < -0.39 is 0 Å². The van der Waals surface area contributed by atoms with Crippen LogP contribution in [0.15, 0.2) is 42.5 Å². The van der Waals surface area contributed by atoms with E-state index in [0.717, 1.165) is 22.9 Å². The lowest BCUT2D eigenvalue weighted by molar-refractivity contribution is -0.118. The Morgan fingerprint density at radius 3 is 2.52 bits per heavy atom. The molecule has 3 N–H and O–H groups in total. The molecule has 0 aromatic heterocycles. The van der Waals surface area contributed by atoms with Crippen LogP contribution in [0.5, 0.6) is 5.75 Å². The number of amides is 3. The molecule has 1 aliphatic heterocycles. The quantitative estimate of drug-likeness (QED) is 0.688. The number of halogens is 1. The van der Waals surface area contributed by atoms with Gasteiger partial charge in [0.05, 0.1) is 10.8 Å². The number of phenolic OH excluding ortho intramolecular Hbond substituents is 1. The van der Waals surface area contributed by atoms with Crippen LogP contribution in [0, 0.1) is 0 Å². The Labute approximate surface area is 165 Å². The van der Waals surface area contributed by atoms with E-state index in [1.54, 1.807) is 0 Å². The molecule has 1 saturated heterocycles. The Morgan fingerprint density at radius 1 is 1.15 bits per heavy atom. The summed E-state index contributed by atoms with van der Waals surface area (Å²) in [6.07, 6.45) is 1.11. The van der Waals surface area contributed by atoms with Gasteiger partial charge in [0, 0.05) is 11.6 Å². The molecule has 0 saturated carbocycles. The second-order valence-corrected chi connectivity index (χ2v) is 7.68. The largest absolute Gasteiger partial charge is 0.507 e. The zero-order chi connectivity index (χ0) is 19.4. The van der Waals surface area contributed by atoms with Gasteiger partial charge in [0.25, 0.3) is 11.1 Å². The van der Waals surface area contributed by atoms with Crippen molar-refractivity contribution in [2.24, 2.45) is 0 Å². The molecule has 2 aromatic carbocycles. The average molecular weight is 405 g/mol. The van der Waals surface area contributed by atoms with Crippen LogP contribution < -0.4 is 10.6 Å². The van der Waals surface area contributed by atoms with Gasteiger partial charge in [0.1, 0.15) is 5.75 Å². The van der Waals surface area contributed by atoms with Crippen LogP contribution >= 0.6 is 23.4 Å². The molecule has 1 aliphatic rings. The Morgan fingerprint density at radius 2 is 1.85 bits per heavy atom. The van der Waals surface area contributed by atoms with Crippen molar-refractivity contribution in [1.82, 2.24) is 10.6 Å². The van der Waals surface area contributed by atoms with Crippen molar-refractivity contribution < 1.29 is 19.5 Å². The minimum atomic E-state index is -0.388. The number of aromatic hydroxyl groups is 1. The summed E-state index contributed by atoms with van der Waals surface area (Å²) in [6.45, 7) is 0.402. The maximum atomic E-state index is 12.1. The number of carbonyl (C=O) groups excluding carboxylic acids is 3. The van der Waals surface area contributed by atoms with E-state index in [9.17, 15) is 19.5 Å². The predicted octanol–water partition coefficient (Wildman–Crippen LogP) is 2.91. The summed E-state index contributed by atoms with van der Waals surface area (Å²) in [6, 6.07) is 12.0. The molecule has 0 aliphatic carbocycles. The fourth-order valence-electron chi connectivity index (χ4n) is 2.69. The first-order valence-corrected chi connectivity index (χ1v) is 9.54. The zero-order valence-electron chi connectivity index (χ0n) is 14.2. The third kappa shape index (κ3) is 5.02. The minimum Gasteiger partial charge on any atom is -0.507 e. The summed E-state index contributed by atoms with van der Waals surface area (Å²) >= 11 is 6.86. The van der Waals surface area contributed by atoms with E-state index in [4.69, 9.17) is 11.6 Å². The van der Waals surface area contributed by atoms with Gasteiger partial charge in [-0.25, -0.2) is 0 Å². The number of carbonyl (C=O) groups is 3. The van der Waals surface area contributed by atoms with Gasteiger partial charge in [0.2, 0.25) is 5.91 Å². The molecule has 6 nitrogen and oxygen atoms in total. The highest BCUT2D eigenvalue weighted by atomic mass is 35.5. The third-order valence-electron chi connectivity index (χ3n) is 4.11. The standard InChI is InChI=1S/C19H17ClN2O4S/c20-13-5-6-15(23)14(10-13)17(24)21-8-7-11-1-3-12(4-2-11)9-16-18(25)22-19(26)27-16/h1-6,10,16,23H,7-9H2,(H,21,24)(H,22,25,26)/t16-/m1/s1. The van der Waals surface area contributed by atoms with Crippen molar-refractivity contribution in [3.63, 3.8) is 0 Å². The van der Waals surface area contributed by atoms with Crippen LogP contribution in [-0.2, 0) is 17.6 Å². The smallest absolute Gasteiger partial charge is 0.286 e. The lowest BCUT2D eigenvalue weighted by Gasteiger charge is -2.09. The van der Waals surface area contributed by atoms with Crippen LogP contribution in [0.25, 0.3) is 0 Å². The zero-order valence-corrected chi connectivity index (χ0v) is 15.8. The van der Waals surface area contributed by atoms with Gasteiger partial charge >= 0.3 is 0 Å². The monoisotopic (exact) mass is 404 g/mol. The number of hydrogen-bond donors (Lipinski definition) is 3. The fourth-order valence-corrected chi connectivity index (χ4v) is 3.72. The van der Waals surface area contributed by atoms with E-state index in [-0.39, 0.29) is 33.6 Å². The fraction of sp³-hybridized carbons (Fsp3) is 0.211. The van der Waals surface area contributed by atoms with Crippen LogP contribution in [0.4, 0.5) is 4.79 Å². The van der Waals surface area contributed by atoms with Gasteiger partial charge < -0.3 is 10.4 Å². The summed E-state index contributed by atoms with van der Waals surface area (Å²) in [5, 5.41) is 14.5. The second-order valence-electron chi connectivity index (χ2n) is 6.07. The predicted molar refractivity (Wildman–Crippen MR) is 104 cm³/mol. The third-order valence-corrected chi connectivity index (χ3v) is 5.33. The Bertz CT molecular complexity index is 886. The van der Waals surface area contributed by atoms with E-state index in [0.29, 0.717) is 24.4 Å². The highest BCUT2D eigenvalue weighted by Gasteiger charge is 2.31. The molecule has 0 unspecified atom stereocenters. The first-order valence-electron chi connectivity index (χ1n) is 8.28. The lowest BCUT2D eigenvalue weighted by atomic mass is 10.1. The van der Waals surface area contributed by atoms with E-state index >= 15 is 0 Å². The number of benzene rings is 2. The van der Waals surface area contributed by atoms with Gasteiger partial charge in [-0.15, -0.1) is 0 Å². The molecule has 1 fully saturated rings.